The molecule has 0 saturated heterocycles. The molecule has 3 rings (SSSR count). The van der Waals surface area contributed by atoms with Gasteiger partial charge < -0.3 is 4.90 Å². The number of anilines is 1. The van der Waals surface area contributed by atoms with E-state index in [0.717, 1.165) is 16.6 Å². The number of nitrogens with zero attached hydrogens (tertiary/aromatic N) is 1. The SMILES string of the molecule is Fc1ccc([C@H]2CCN(CCCC(F)(F)F)c3ccccc3S2)c(F)c1. The fraction of sp³-hybridized carbons (Fsp3) is 0.368. The second-order valence-electron chi connectivity index (χ2n) is 6.23. The zero-order valence-electron chi connectivity index (χ0n) is 13.9. The van der Waals surface area contributed by atoms with Crippen LogP contribution in [0, 0.1) is 11.6 Å². The van der Waals surface area contributed by atoms with Gasteiger partial charge in [0.25, 0.3) is 0 Å². The molecule has 0 saturated carbocycles. The lowest BCUT2D eigenvalue weighted by molar-refractivity contribution is -0.135. The first-order valence-electron chi connectivity index (χ1n) is 8.36. The minimum Gasteiger partial charge on any atom is -0.371 e. The summed E-state index contributed by atoms with van der Waals surface area (Å²) in [5.74, 6) is -1.22. The molecule has 1 aliphatic rings. The van der Waals surface area contributed by atoms with Crippen LogP contribution >= 0.6 is 11.8 Å². The molecule has 1 nitrogen and oxygen atoms in total. The Morgan fingerprint density at radius 2 is 1.85 bits per heavy atom. The van der Waals surface area contributed by atoms with Crippen molar-refractivity contribution in [2.45, 2.75) is 35.6 Å². The summed E-state index contributed by atoms with van der Waals surface area (Å²) in [6, 6.07) is 11.0. The van der Waals surface area contributed by atoms with Crippen molar-refractivity contribution in [3.8, 4) is 0 Å². The smallest absolute Gasteiger partial charge is 0.371 e. The van der Waals surface area contributed by atoms with E-state index in [-0.39, 0.29) is 18.2 Å². The van der Waals surface area contributed by atoms with Gasteiger partial charge in [-0.3, -0.25) is 0 Å². The highest BCUT2D eigenvalue weighted by Gasteiger charge is 2.28. The quantitative estimate of drug-likeness (QED) is 0.562. The van der Waals surface area contributed by atoms with E-state index in [1.807, 2.05) is 29.2 Å². The van der Waals surface area contributed by atoms with Crippen molar-refractivity contribution in [3.05, 3.63) is 59.7 Å². The molecule has 140 valence electrons. The molecule has 0 aromatic heterocycles. The molecule has 0 amide bonds. The van der Waals surface area contributed by atoms with Crippen LogP contribution in [0.4, 0.5) is 27.6 Å². The molecule has 0 radical (unpaired) electrons. The zero-order valence-corrected chi connectivity index (χ0v) is 14.7. The highest BCUT2D eigenvalue weighted by atomic mass is 32.2. The van der Waals surface area contributed by atoms with E-state index < -0.39 is 24.2 Å². The molecule has 1 atom stereocenters. The third-order valence-corrected chi connectivity index (χ3v) is 5.71. The molecular weight excluding hydrogens is 369 g/mol. The van der Waals surface area contributed by atoms with Gasteiger partial charge in [-0.05, 0) is 31.0 Å². The number of thioether (sulfide) groups is 1. The maximum atomic E-state index is 14.2. The van der Waals surface area contributed by atoms with Crippen molar-refractivity contribution in [3.63, 3.8) is 0 Å². The van der Waals surface area contributed by atoms with Gasteiger partial charge in [-0.25, -0.2) is 8.78 Å². The van der Waals surface area contributed by atoms with E-state index in [0.29, 0.717) is 18.5 Å². The summed E-state index contributed by atoms with van der Waals surface area (Å²) < 4.78 is 64.7. The second-order valence-corrected chi connectivity index (χ2v) is 7.48. The number of hydrogen-bond acceptors (Lipinski definition) is 2. The van der Waals surface area contributed by atoms with Crippen LogP contribution in [0.25, 0.3) is 0 Å². The summed E-state index contributed by atoms with van der Waals surface area (Å²) in [6.45, 7) is 0.805. The van der Waals surface area contributed by atoms with Crippen LogP contribution in [0.2, 0.25) is 0 Å². The summed E-state index contributed by atoms with van der Waals surface area (Å²) in [6.07, 6.45) is -4.42. The van der Waals surface area contributed by atoms with E-state index in [1.165, 1.54) is 23.9 Å². The molecule has 7 heteroatoms. The largest absolute Gasteiger partial charge is 0.389 e. The van der Waals surface area contributed by atoms with Gasteiger partial charge >= 0.3 is 6.18 Å². The number of para-hydroxylation sites is 1. The highest BCUT2D eigenvalue weighted by molar-refractivity contribution is 7.99. The van der Waals surface area contributed by atoms with E-state index in [4.69, 9.17) is 0 Å². The lowest BCUT2D eigenvalue weighted by Gasteiger charge is -2.24. The van der Waals surface area contributed by atoms with Crippen LogP contribution in [0.3, 0.4) is 0 Å². The third-order valence-electron chi connectivity index (χ3n) is 4.33. The van der Waals surface area contributed by atoms with Gasteiger partial charge in [0.1, 0.15) is 11.6 Å². The van der Waals surface area contributed by atoms with Crippen molar-refractivity contribution in [1.29, 1.82) is 0 Å². The van der Waals surface area contributed by atoms with Crippen molar-refractivity contribution >= 4 is 17.4 Å². The topological polar surface area (TPSA) is 3.24 Å². The Morgan fingerprint density at radius 3 is 2.58 bits per heavy atom. The molecule has 0 fully saturated rings. The fourth-order valence-electron chi connectivity index (χ4n) is 3.11. The van der Waals surface area contributed by atoms with Crippen LogP contribution < -0.4 is 4.90 Å². The fourth-order valence-corrected chi connectivity index (χ4v) is 4.43. The van der Waals surface area contributed by atoms with Gasteiger partial charge in [0.2, 0.25) is 0 Å². The Labute approximate surface area is 153 Å². The van der Waals surface area contributed by atoms with Crippen molar-refractivity contribution in [2.75, 3.05) is 18.0 Å². The predicted molar refractivity (Wildman–Crippen MR) is 93.5 cm³/mol. The van der Waals surface area contributed by atoms with E-state index in [9.17, 15) is 22.0 Å². The number of hydrogen-bond donors (Lipinski definition) is 0. The summed E-state index contributed by atoms with van der Waals surface area (Å²) in [7, 11) is 0. The maximum absolute atomic E-state index is 14.2. The summed E-state index contributed by atoms with van der Waals surface area (Å²) >= 11 is 1.47. The van der Waals surface area contributed by atoms with E-state index in [2.05, 4.69) is 0 Å². The molecule has 0 N–H and O–H groups in total. The standard InChI is InChI=1S/C19H18F5NS/c20-13-6-7-14(15(21)12-13)17-8-11-25(10-3-9-19(22,23)24)16-4-1-2-5-18(16)26-17/h1-2,4-7,12,17H,3,8-11H2/t17-/m1/s1. The molecule has 0 unspecified atom stereocenters. The third kappa shape index (κ3) is 4.69. The Kier molecular flexibility index (Phi) is 5.75. The number of benzene rings is 2. The molecule has 26 heavy (non-hydrogen) atoms. The van der Waals surface area contributed by atoms with Gasteiger partial charge in [0.15, 0.2) is 0 Å². The monoisotopic (exact) mass is 387 g/mol. The molecular formula is C19H18F5NS. The van der Waals surface area contributed by atoms with Crippen LogP contribution in [-0.2, 0) is 0 Å². The Balaban J connectivity index is 1.80. The number of fused-ring (bicyclic) bond motifs is 1. The molecule has 2 aromatic carbocycles. The molecule has 2 aromatic rings. The molecule has 1 aliphatic heterocycles. The first-order chi connectivity index (χ1) is 12.3. The van der Waals surface area contributed by atoms with E-state index in [1.54, 1.807) is 0 Å². The van der Waals surface area contributed by atoms with E-state index >= 15 is 0 Å². The molecule has 0 bridgehead atoms. The van der Waals surface area contributed by atoms with Gasteiger partial charge in [0, 0.05) is 41.3 Å². The second kappa shape index (κ2) is 7.86. The van der Waals surface area contributed by atoms with Gasteiger partial charge in [-0.15, -0.1) is 11.8 Å². The lowest BCUT2D eigenvalue weighted by atomic mass is 10.1. The van der Waals surface area contributed by atoms with Gasteiger partial charge in [0.05, 0.1) is 5.69 Å². The normalized spacial score (nSPS) is 17.7. The average Bonchev–Trinajstić information content (AvgIpc) is 2.74. The Hall–Kier alpha value is -1.76. The average molecular weight is 387 g/mol. The van der Waals surface area contributed by atoms with Crippen LogP contribution in [0.1, 0.15) is 30.1 Å². The first-order valence-corrected chi connectivity index (χ1v) is 9.24. The Morgan fingerprint density at radius 1 is 1.08 bits per heavy atom. The summed E-state index contributed by atoms with van der Waals surface area (Å²) in [5.41, 5.74) is 1.29. The van der Waals surface area contributed by atoms with Crippen molar-refractivity contribution < 1.29 is 22.0 Å². The van der Waals surface area contributed by atoms with Gasteiger partial charge in [-0.1, -0.05) is 18.2 Å². The van der Waals surface area contributed by atoms with Crippen LogP contribution in [0.15, 0.2) is 47.4 Å². The number of halogens is 5. The van der Waals surface area contributed by atoms with Gasteiger partial charge in [-0.2, -0.15) is 13.2 Å². The molecule has 1 heterocycles. The number of alkyl halides is 3. The van der Waals surface area contributed by atoms with Crippen molar-refractivity contribution in [2.24, 2.45) is 0 Å². The lowest BCUT2D eigenvalue weighted by Crippen LogP contribution is -2.26. The molecule has 0 aliphatic carbocycles. The Bertz CT molecular complexity index is 762. The van der Waals surface area contributed by atoms with Crippen LogP contribution in [-0.4, -0.2) is 19.3 Å². The minimum absolute atomic E-state index is 0.0120. The first kappa shape index (κ1) is 19.0. The summed E-state index contributed by atoms with van der Waals surface area (Å²) in [5, 5.41) is -0.218. The number of rotatable bonds is 4. The zero-order chi connectivity index (χ0) is 18.7. The highest BCUT2D eigenvalue weighted by Crippen LogP contribution is 2.45. The predicted octanol–water partition coefficient (Wildman–Crippen LogP) is 6.35. The minimum atomic E-state index is -4.17. The molecule has 0 spiro atoms. The van der Waals surface area contributed by atoms with Crippen molar-refractivity contribution in [1.82, 2.24) is 0 Å². The summed E-state index contributed by atoms with van der Waals surface area (Å²) in [4.78, 5) is 2.82. The maximum Gasteiger partial charge on any atom is 0.389 e. The van der Waals surface area contributed by atoms with Crippen LogP contribution in [0.5, 0.6) is 0 Å².